The first-order valence-corrected chi connectivity index (χ1v) is 10.5. The zero-order valence-electron chi connectivity index (χ0n) is 18.1. The molecule has 0 radical (unpaired) electrons. The van der Waals surface area contributed by atoms with Gasteiger partial charge in [0.15, 0.2) is 6.10 Å². The molecule has 1 aliphatic rings. The van der Waals surface area contributed by atoms with Gasteiger partial charge in [0.05, 0.1) is 13.5 Å². The molecule has 2 amide bonds. The average Bonchev–Trinajstić information content (AvgIpc) is 2.89. The van der Waals surface area contributed by atoms with Crippen LogP contribution in [-0.4, -0.2) is 36.0 Å². The highest BCUT2D eigenvalue weighted by atomic mass is 16.5. The van der Waals surface area contributed by atoms with Crippen LogP contribution in [0.15, 0.2) is 42.5 Å². The second-order valence-corrected chi connectivity index (χ2v) is 7.63. The van der Waals surface area contributed by atoms with Crippen molar-refractivity contribution in [3.63, 3.8) is 0 Å². The van der Waals surface area contributed by atoms with Crippen molar-refractivity contribution in [2.45, 2.75) is 58.7 Å². The first kappa shape index (κ1) is 21.7. The molecule has 0 aliphatic carbocycles. The fourth-order valence-corrected chi connectivity index (χ4v) is 3.53. The van der Waals surface area contributed by atoms with E-state index in [9.17, 15) is 9.59 Å². The summed E-state index contributed by atoms with van der Waals surface area (Å²) in [4.78, 5) is 27.3. The number of hydrogen-bond donors (Lipinski definition) is 1. The number of nitrogens with one attached hydrogen (secondary N) is 1. The van der Waals surface area contributed by atoms with Gasteiger partial charge in [-0.3, -0.25) is 9.59 Å². The Balaban J connectivity index is 1.75. The monoisotopic (exact) mass is 410 g/mol. The summed E-state index contributed by atoms with van der Waals surface area (Å²) >= 11 is 0. The summed E-state index contributed by atoms with van der Waals surface area (Å²) in [7, 11) is 1.61. The average molecular weight is 411 g/mol. The molecule has 6 heteroatoms. The lowest BCUT2D eigenvalue weighted by Gasteiger charge is -2.28. The quantitative estimate of drug-likeness (QED) is 0.744. The topological polar surface area (TPSA) is 67.9 Å². The van der Waals surface area contributed by atoms with E-state index in [0.29, 0.717) is 24.4 Å². The molecular formula is C24H30N2O4. The number of amides is 2. The van der Waals surface area contributed by atoms with Crippen LogP contribution < -0.4 is 14.8 Å². The molecule has 1 N–H and O–H groups in total. The van der Waals surface area contributed by atoms with Crippen molar-refractivity contribution in [2.75, 3.05) is 12.4 Å². The smallest absolute Gasteiger partial charge is 0.264 e. The van der Waals surface area contributed by atoms with Crippen molar-refractivity contribution >= 4 is 17.5 Å². The van der Waals surface area contributed by atoms with E-state index in [1.807, 2.05) is 54.3 Å². The number of hydrogen-bond acceptors (Lipinski definition) is 4. The van der Waals surface area contributed by atoms with E-state index in [1.54, 1.807) is 7.11 Å². The first-order chi connectivity index (χ1) is 14.4. The molecule has 0 fully saturated rings. The standard InChI is InChI=1S/C24H30N2O4/c1-5-16(3)26-15-18-14-19(9-12-22(18)30-21(6-2)24(26)28)25-23(27)13-17-7-10-20(29-4)11-8-17/h7-12,14,16,21H,5-6,13,15H2,1-4H3,(H,25,27). The van der Waals surface area contributed by atoms with Crippen LogP contribution in [0, 0.1) is 0 Å². The van der Waals surface area contributed by atoms with Crippen molar-refractivity contribution in [3.05, 3.63) is 53.6 Å². The fraction of sp³-hybridized carbons (Fsp3) is 0.417. The van der Waals surface area contributed by atoms with Gasteiger partial charge in [-0.05, 0) is 55.7 Å². The summed E-state index contributed by atoms with van der Waals surface area (Å²) in [5.74, 6) is 1.38. The third-order valence-corrected chi connectivity index (χ3v) is 5.53. The molecule has 0 bridgehead atoms. The van der Waals surface area contributed by atoms with Crippen LogP contribution >= 0.6 is 0 Å². The Morgan fingerprint density at radius 3 is 2.60 bits per heavy atom. The maximum atomic E-state index is 12.9. The number of benzene rings is 2. The Hall–Kier alpha value is -3.02. The van der Waals surface area contributed by atoms with Gasteiger partial charge in [0.2, 0.25) is 5.91 Å². The van der Waals surface area contributed by atoms with Gasteiger partial charge >= 0.3 is 0 Å². The lowest BCUT2D eigenvalue weighted by molar-refractivity contribution is -0.140. The predicted octanol–water partition coefficient (Wildman–Crippen LogP) is 4.17. The zero-order chi connectivity index (χ0) is 21.7. The molecule has 160 valence electrons. The summed E-state index contributed by atoms with van der Waals surface area (Å²) in [5, 5.41) is 2.95. The highest BCUT2D eigenvalue weighted by Gasteiger charge is 2.32. The number of rotatable bonds is 7. The van der Waals surface area contributed by atoms with Gasteiger partial charge in [-0.2, -0.15) is 0 Å². The Kier molecular flexibility index (Phi) is 6.98. The highest BCUT2D eigenvalue weighted by molar-refractivity contribution is 5.92. The third-order valence-electron chi connectivity index (χ3n) is 5.53. The number of ether oxygens (including phenoxy) is 2. The Bertz CT molecular complexity index is 895. The lowest BCUT2D eigenvalue weighted by atomic mass is 10.1. The molecule has 1 heterocycles. The molecule has 3 rings (SSSR count). The van der Waals surface area contributed by atoms with Gasteiger partial charge < -0.3 is 19.7 Å². The summed E-state index contributed by atoms with van der Waals surface area (Å²) in [6.07, 6.45) is 1.28. The van der Waals surface area contributed by atoms with Crippen LogP contribution in [0.4, 0.5) is 5.69 Å². The molecular weight excluding hydrogens is 380 g/mol. The van der Waals surface area contributed by atoms with Gasteiger partial charge in [0.1, 0.15) is 11.5 Å². The van der Waals surface area contributed by atoms with Gasteiger partial charge in [0, 0.05) is 23.8 Å². The number of carbonyl (C=O) groups excluding carboxylic acids is 2. The summed E-state index contributed by atoms with van der Waals surface area (Å²) < 4.78 is 11.2. The van der Waals surface area contributed by atoms with Gasteiger partial charge in [-0.15, -0.1) is 0 Å². The maximum absolute atomic E-state index is 12.9. The summed E-state index contributed by atoms with van der Waals surface area (Å²) in [5.41, 5.74) is 2.51. The first-order valence-electron chi connectivity index (χ1n) is 10.5. The Morgan fingerprint density at radius 1 is 1.23 bits per heavy atom. The SMILES string of the molecule is CCC1Oc2ccc(NC(=O)Cc3ccc(OC)cc3)cc2CN(C(C)CC)C1=O. The molecule has 1 aliphatic heterocycles. The summed E-state index contributed by atoms with van der Waals surface area (Å²) in [6, 6.07) is 13.1. The Labute approximate surface area is 178 Å². The van der Waals surface area contributed by atoms with E-state index in [4.69, 9.17) is 9.47 Å². The van der Waals surface area contributed by atoms with E-state index in [1.165, 1.54) is 0 Å². The molecule has 30 heavy (non-hydrogen) atoms. The van der Waals surface area contributed by atoms with Crippen molar-refractivity contribution in [1.29, 1.82) is 0 Å². The number of nitrogens with zero attached hydrogens (tertiary/aromatic N) is 1. The highest BCUT2D eigenvalue weighted by Crippen LogP contribution is 2.30. The normalized spacial score (nSPS) is 16.9. The maximum Gasteiger partial charge on any atom is 0.264 e. The minimum Gasteiger partial charge on any atom is -0.497 e. The van der Waals surface area contributed by atoms with Crippen LogP contribution in [0.2, 0.25) is 0 Å². The molecule has 6 nitrogen and oxygen atoms in total. The molecule has 2 aromatic carbocycles. The number of anilines is 1. The second kappa shape index (κ2) is 9.65. The minimum absolute atomic E-state index is 0.0214. The molecule has 0 saturated heterocycles. The van der Waals surface area contributed by atoms with E-state index >= 15 is 0 Å². The molecule has 2 atom stereocenters. The summed E-state index contributed by atoms with van der Waals surface area (Å²) in [6.45, 7) is 6.55. The van der Waals surface area contributed by atoms with Crippen molar-refractivity contribution in [1.82, 2.24) is 4.90 Å². The van der Waals surface area contributed by atoms with Gasteiger partial charge in [-0.1, -0.05) is 26.0 Å². The fourth-order valence-electron chi connectivity index (χ4n) is 3.53. The van der Waals surface area contributed by atoms with Gasteiger partial charge in [0.25, 0.3) is 5.91 Å². The lowest BCUT2D eigenvalue weighted by Crippen LogP contribution is -2.43. The largest absolute Gasteiger partial charge is 0.497 e. The number of fused-ring (bicyclic) bond motifs is 1. The number of methoxy groups -OCH3 is 1. The third kappa shape index (κ3) is 4.93. The molecule has 2 aromatic rings. The predicted molar refractivity (Wildman–Crippen MR) is 117 cm³/mol. The molecule has 0 saturated carbocycles. The second-order valence-electron chi connectivity index (χ2n) is 7.63. The zero-order valence-corrected chi connectivity index (χ0v) is 18.1. The van der Waals surface area contributed by atoms with E-state index < -0.39 is 6.10 Å². The molecule has 2 unspecified atom stereocenters. The molecule has 0 spiro atoms. The number of carbonyl (C=O) groups is 2. The minimum atomic E-state index is -0.476. The Morgan fingerprint density at radius 2 is 1.97 bits per heavy atom. The van der Waals surface area contributed by atoms with Crippen LogP contribution in [0.1, 0.15) is 44.7 Å². The van der Waals surface area contributed by atoms with E-state index in [2.05, 4.69) is 19.2 Å². The van der Waals surface area contributed by atoms with Crippen LogP contribution in [0.5, 0.6) is 11.5 Å². The van der Waals surface area contributed by atoms with Crippen molar-refractivity contribution in [2.24, 2.45) is 0 Å². The van der Waals surface area contributed by atoms with E-state index in [0.717, 1.165) is 23.3 Å². The van der Waals surface area contributed by atoms with Crippen LogP contribution in [-0.2, 0) is 22.6 Å². The van der Waals surface area contributed by atoms with Crippen molar-refractivity contribution < 1.29 is 19.1 Å². The van der Waals surface area contributed by atoms with Crippen LogP contribution in [0.25, 0.3) is 0 Å². The van der Waals surface area contributed by atoms with Crippen molar-refractivity contribution in [3.8, 4) is 11.5 Å². The molecule has 0 aromatic heterocycles. The van der Waals surface area contributed by atoms with Gasteiger partial charge in [-0.25, -0.2) is 0 Å². The van der Waals surface area contributed by atoms with E-state index in [-0.39, 0.29) is 24.3 Å². The van der Waals surface area contributed by atoms with Crippen LogP contribution in [0.3, 0.4) is 0 Å².